The van der Waals surface area contributed by atoms with E-state index in [0.29, 0.717) is 41.9 Å². The number of halogens is 2. The number of methoxy groups -OCH3 is 3. The summed E-state index contributed by atoms with van der Waals surface area (Å²) in [5.41, 5.74) is 1.50. The van der Waals surface area contributed by atoms with Crippen LogP contribution in [-0.2, 0) is 0 Å². The molecule has 0 spiro atoms. The molecule has 6 nitrogen and oxygen atoms in total. The number of hydrogen-bond acceptors (Lipinski definition) is 5. The van der Waals surface area contributed by atoms with Crippen molar-refractivity contribution in [3.05, 3.63) is 58.7 Å². The zero-order chi connectivity index (χ0) is 27.2. The van der Waals surface area contributed by atoms with Gasteiger partial charge in [-0.3, -0.25) is 9.69 Å². The average molecular weight is 529 g/mol. The summed E-state index contributed by atoms with van der Waals surface area (Å²) in [6.45, 7) is 3.78. The third-order valence-corrected chi connectivity index (χ3v) is 7.65. The van der Waals surface area contributed by atoms with Crippen LogP contribution in [-0.4, -0.2) is 68.8 Å². The highest BCUT2D eigenvalue weighted by Crippen LogP contribution is 2.39. The van der Waals surface area contributed by atoms with Crippen LogP contribution >= 0.6 is 0 Å². The molecule has 1 saturated heterocycles. The number of ether oxygens (including phenoxy) is 3. The molecule has 0 N–H and O–H groups in total. The van der Waals surface area contributed by atoms with E-state index in [4.69, 9.17) is 14.2 Å². The molecule has 0 bridgehead atoms. The predicted molar refractivity (Wildman–Crippen MR) is 144 cm³/mol. The Kier molecular flexibility index (Phi) is 9.26. The minimum Gasteiger partial charge on any atom is -0.493 e. The van der Waals surface area contributed by atoms with Gasteiger partial charge >= 0.3 is 0 Å². The first-order valence-electron chi connectivity index (χ1n) is 13.3. The lowest BCUT2D eigenvalue weighted by molar-refractivity contribution is 0.0696. The Labute approximate surface area is 224 Å². The van der Waals surface area contributed by atoms with Crippen LogP contribution < -0.4 is 14.2 Å². The van der Waals surface area contributed by atoms with E-state index in [1.165, 1.54) is 59.1 Å². The van der Waals surface area contributed by atoms with Crippen molar-refractivity contribution < 1.29 is 27.8 Å². The van der Waals surface area contributed by atoms with Crippen LogP contribution in [0.4, 0.5) is 8.78 Å². The third kappa shape index (κ3) is 6.29. The third-order valence-electron chi connectivity index (χ3n) is 7.65. The van der Waals surface area contributed by atoms with Gasteiger partial charge in [0.2, 0.25) is 5.75 Å². The molecule has 4 rings (SSSR count). The highest BCUT2D eigenvalue weighted by Gasteiger charge is 2.34. The van der Waals surface area contributed by atoms with E-state index >= 15 is 0 Å². The smallest absolute Gasteiger partial charge is 0.254 e. The van der Waals surface area contributed by atoms with E-state index in [9.17, 15) is 13.6 Å². The molecule has 2 aromatic rings. The Morgan fingerprint density at radius 3 is 2.29 bits per heavy atom. The summed E-state index contributed by atoms with van der Waals surface area (Å²) in [6, 6.07) is 7.69. The van der Waals surface area contributed by atoms with Crippen molar-refractivity contribution in [1.82, 2.24) is 9.80 Å². The molecule has 8 heteroatoms. The maximum Gasteiger partial charge on any atom is 0.254 e. The van der Waals surface area contributed by atoms with Crippen molar-refractivity contribution in [3.8, 4) is 17.2 Å². The maximum absolute atomic E-state index is 14.4. The summed E-state index contributed by atoms with van der Waals surface area (Å²) in [7, 11) is 4.56. The number of carbonyl (C=O) groups is 1. The molecule has 1 heterocycles. The topological polar surface area (TPSA) is 51.2 Å². The number of rotatable bonds is 10. The highest BCUT2D eigenvalue weighted by molar-refractivity contribution is 5.96. The van der Waals surface area contributed by atoms with Gasteiger partial charge in [0.1, 0.15) is 11.6 Å². The number of carbonyl (C=O) groups excluding carboxylic acids is 1. The second kappa shape index (κ2) is 12.6. The quantitative estimate of drug-likeness (QED) is 0.382. The largest absolute Gasteiger partial charge is 0.493 e. The van der Waals surface area contributed by atoms with Crippen LogP contribution in [0.5, 0.6) is 17.2 Å². The zero-order valence-electron chi connectivity index (χ0n) is 22.8. The Balaban J connectivity index is 1.65. The van der Waals surface area contributed by atoms with E-state index in [-0.39, 0.29) is 17.5 Å². The van der Waals surface area contributed by atoms with Crippen molar-refractivity contribution >= 4 is 12.0 Å². The van der Waals surface area contributed by atoms with Crippen molar-refractivity contribution in [3.63, 3.8) is 0 Å². The molecule has 2 aromatic carbocycles. The SMILES string of the molecule is COc1cc(C(=O)N(CC(C)=Cc2ccc(F)cc2F)C[C@@H]2CCCN2C2CCCC2)cc(OC)c1OC. The Bertz CT molecular complexity index is 1140. The zero-order valence-corrected chi connectivity index (χ0v) is 22.8. The van der Waals surface area contributed by atoms with Gasteiger partial charge in [-0.2, -0.15) is 0 Å². The molecule has 1 amide bonds. The Morgan fingerprint density at radius 2 is 1.68 bits per heavy atom. The molecule has 1 aliphatic heterocycles. The molecule has 1 aliphatic carbocycles. The average Bonchev–Trinajstić information content (AvgIpc) is 3.60. The van der Waals surface area contributed by atoms with Crippen LogP contribution in [0.1, 0.15) is 61.4 Å². The lowest BCUT2D eigenvalue weighted by Gasteiger charge is -2.34. The van der Waals surface area contributed by atoms with Crippen LogP contribution in [0.15, 0.2) is 35.9 Å². The first-order valence-corrected chi connectivity index (χ1v) is 13.3. The van der Waals surface area contributed by atoms with Gasteiger partial charge in [0.25, 0.3) is 5.91 Å². The molecular formula is C30H38F2N2O4. The molecule has 2 aliphatic rings. The second-order valence-corrected chi connectivity index (χ2v) is 10.2. The Hall–Kier alpha value is -3.13. The van der Waals surface area contributed by atoms with Crippen molar-refractivity contribution in [2.24, 2.45) is 0 Å². The predicted octanol–water partition coefficient (Wildman–Crippen LogP) is 5.94. The number of hydrogen-bond donors (Lipinski definition) is 0. The van der Waals surface area contributed by atoms with Gasteiger partial charge < -0.3 is 19.1 Å². The summed E-state index contributed by atoms with van der Waals surface area (Å²) in [4.78, 5) is 18.4. The molecular weight excluding hydrogens is 490 g/mol. The van der Waals surface area contributed by atoms with Crippen LogP contribution in [0.25, 0.3) is 6.08 Å². The van der Waals surface area contributed by atoms with Crippen LogP contribution in [0, 0.1) is 11.6 Å². The van der Waals surface area contributed by atoms with E-state index in [1.54, 1.807) is 18.2 Å². The Morgan fingerprint density at radius 1 is 1.00 bits per heavy atom. The first-order chi connectivity index (χ1) is 18.3. The van der Waals surface area contributed by atoms with Gasteiger partial charge in [-0.1, -0.05) is 24.5 Å². The lowest BCUT2D eigenvalue weighted by Crippen LogP contribution is -2.46. The molecule has 2 fully saturated rings. The number of amides is 1. The number of nitrogens with zero attached hydrogens (tertiary/aromatic N) is 2. The van der Waals surface area contributed by atoms with Crippen molar-refractivity contribution in [2.75, 3.05) is 41.0 Å². The fourth-order valence-electron chi connectivity index (χ4n) is 5.86. The number of benzene rings is 2. The van der Waals surface area contributed by atoms with E-state index in [2.05, 4.69) is 4.90 Å². The standard InChI is InChI=1S/C30H38F2N2O4/c1-20(14-21-11-12-23(31)17-26(21)32)18-33(19-25-10-7-13-34(25)24-8-5-6-9-24)30(35)22-15-27(36-2)29(38-4)28(16-22)37-3/h11-12,14-17,24-25H,5-10,13,18-19H2,1-4H3/t25-/m0/s1. The first kappa shape index (κ1) is 27.9. The second-order valence-electron chi connectivity index (χ2n) is 10.2. The maximum atomic E-state index is 14.4. The van der Waals surface area contributed by atoms with E-state index in [1.807, 2.05) is 11.8 Å². The molecule has 206 valence electrons. The summed E-state index contributed by atoms with van der Waals surface area (Å²) in [5.74, 6) is -0.188. The van der Waals surface area contributed by atoms with Crippen LogP contribution in [0.2, 0.25) is 0 Å². The summed E-state index contributed by atoms with van der Waals surface area (Å²) in [5, 5.41) is 0. The van der Waals surface area contributed by atoms with Crippen LogP contribution in [0.3, 0.4) is 0 Å². The summed E-state index contributed by atoms with van der Waals surface area (Å²) >= 11 is 0. The monoisotopic (exact) mass is 528 g/mol. The van der Waals surface area contributed by atoms with Crippen molar-refractivity contribution in [1.29, 1.82) is 0 Å². The van der Waals surface area contributed by atoms with Gasteiger partial charge in [-0.05, 0) is 63.4 Å². The lowest BCUT2D eigenvalue weighted by atomic mass is 10.1. The van der Waals surface area contributed by atoms with Crippen molar-refractivity contribution in [2.45, 2.75) is 57.5 Å². The number of likely N-dealkylation sites (tertiary alicyclic amines) is 1. The minimum absolute atomic E-state index is 0.171. The molecule has 1 atom stereocenters. The van der Waals surface area contributed by atoms with Gasteiger partial charge in [0.05, 0.1) is 21.3 Å². The summed E-state index contributed by atoms with van der Waals surface area (Å²) in [6.07, 6.45) is 8.75. The fraction of sp³-hybridized carbons (Fsp3) is 0.500. The van der Waals surface area contributed by atoms with Gasteiger partial charge in [-0.25, -0.2) is 8.78 Å². The molecule has 0 aromatic heterocycles. The fourth-order valence-corrected chi connectivity index (χ4v) is 5.86. The normalized spacial score (nSPS) is 18.6. The molecule has 0 unspecified atom stereocenters. The van der Waals surface area contributed by atoms with E-state index < -0.39 is 11.6 Å². The van der Waals surface area contributed by atoms with Gasteiger partial charge in [0.15, 0.2) is 11.5 Å². The minimum atomic E-state index is -0.630. The van der Waals surface area contributed by atoms with Gasteiger partial charge in [-0.15, -0.1) is 0 Å². The van der Waals surface area contributed by atoms with E-state index in [0.717, 1.165) is 31.0 Å². The molecule has 0 radical (unpaired) electrons. The summed E-state index contributed by atoms with van der Waals surface area (Å²) < 4.78 is 44.2. The molecule has 38 heavy (non-hydrogen) atoms. The molecule has 1 saturated carbocycles. The van der Waals surface area contributed by atoms with Gasteiger partial charge in [0, 0.05) is 42.4 Å². The highest BCUT2D eigenvalue weighted by atomic mass is 19.1.